The topological polar surface area (TPSA) is 118 Å². The van der Waals surface area contributed by atoms with Crippen LogP contribution in [0.3, 0.4) is 0 Å². The summed E-state index contributed by atoms with van der Waals surface area (Å²) in [6.07, 6.45) is 2.84. The molecule has 1 unspecified atom stereocenters. The number of nitrogen functional groups attached to an aromatic ring is 1. The number of hydrogen-bond donors (Lipinski definition) is 1. The number of nitrogens with two attached hydrogens (primary N) is 1. The molecule has 1 saturated heterocycles. The molecule has 10 nitrogen and oxygen atoms in total. The minimum Gasteiger partial charge on any atom is -0.493 e. The highest BCUT2D eigenvalue weighted by atomic mass is 16.5. The van der Waals surface area contributed by atoms with Gasteiger partial charge in [-0.3, -0.25) is 4.79 Å². The van der Waals surface area contributed by atoms with Crippen LogP contribution in [0.15, 0.2) is 55.4 Å². The quantitative estimate of drug-likeness (QED) is 0.251. The van der Waals surface area contributed by atoms with Gasteiger partial charge in [-0.25, -0.2) is 15.0 Å². The lowest BCUT2D eigenvalue weighted by molar-refractivity contribution is -0.125. The number of fused-ring (bicyclic) bond motifs is 2. The Morgan fingerprint density at radius 2 is 1.98 bits per heavy atom. The summed E-state index contributed by atoms with van der Waals surface area (Å²) in [5.41, 5.74) is 10.4. The van der Waals surface area contributed by atoms with Crippen molar-refractivity contribution in [1.82, 2.24) is 24.4 Å². The number of anilines is 1. The Kier molecular flexibility index (Phi) is 7.27. The number of carbonyl (C=O) groups excluding carboxylic acids is 1. The number of methoxy groups -OCH3 is 2. The molecule has 10 heteroatoms. The van der Waals surface area contributed by atoms with Crippen molar-refractivity contribution in [2.24, 2.45) is 17.8 Å². The first-order valence-electron chi connectivity index (χ1n) is 13.8. The van der Waals surface area contributed by atoms with Crippen LogP contribution in [0.5, 0.6) is 17.4 Å². The van der Waals surface area contributed by atoms with Gasteiger partial charge in [0.15, 0.2) is 11.5 Å². The Balaban J connectivity index is 1.43. The summed E-state index contributed by atoms with van der Waals surface area (Å²) in [6, 6.07) is 11.3. The van der Waals surface area contributed by atoms with Crippen molar-refractivity contribution in [2.45, 2.75) is 13.5 Å². The van der Waals surface area contributed by atoms with Crippen molar-refractivity contribution in [3.8, 4) is 40.3 Å². The first kappa shape index (κ1) is 27.3. The summed E-state index contributed by atoms with van der Waals surface area (Å²) in [5, 5.41) is 0.715. The van der Waals surface area contributed by atoms with E-state index in [1.807, 2.05) is 46.7 Å². The zero-order valence-corrected chi connectivity index (χ0v) is 23.8. The van der Waals surface area contributed by atoms with Crippen LogP contribution in [-0.2, 0) is 16.1 Å². The van der Waals surface area contributed by atoms with Gasteiger partial charge >= 0.3 is 0 Å². The fourth-order valence-corrected chi connectivity index (χ4v) is 5.80. The summed E-state index contributed by atoms with van der Waals surface area (Å²) in [6.45, 7) is 7.94. The second kappa shape index (κ2) is 11.2. The van der Waals surface area contributed by atoms with Gasteiger partial charge in [0.2, 0.25) is 11.8 Å². The van der Waals surface area contributed by atoms with Crippen molar-refractivity contribution >= 4 is 22.8 Å². The highest BCUT2D eigenvalue weighted by Gasteiger charge is 2.55. The molecule has 1 aliphatic carbocycles. The van der Waals surface area contributed by atoms with Crippen molar-refractivity contribution in [3.05, 3.63) is 66.8 Å². The van der Waals surface area contributed by atoms with E-state index in [0.717, 1.165) is 22.5 Å². The number of rotatable bonds is 8. The highest BCUT2D eigenvalue weighted by molar-refractivity contribution is 6.03. The SMILES string of the molecule is C=CC(=O)N1C[C@@H]2C(C#Cc3c(-c4ccc(Oc5cccc(C)n5)c(OC)c4)c4c(N)ncnc4n3CCOC)[C@@H]2C1. The van der Waals surface area contributed by atoms with Crippen LogP contribution >= 0.6 is 0 Å². The summed E-state index contributed by atoms with van der Waals surface area (Å²) in [4.78, 5) is 27.2. The van der Waals surface area contributed by atoms with E-state index in [0.29, 0.717) is 72.3 Å². The van der Waals surface area contributed by atoms with E-state index in [-0.39, 0.29) is 11.8 Å². The second-order valence-corrected chi connectivity index (χ2v) is 10.5. The monoisotopic (exact) mass is 564 g/mol. The summed E-state index contributed by atoms with van der Waals surface area (Å²) in [5.74, 6) is 9.83. The van der Waals surface area contributed by atoms with E-state index in [2.05, 4.69) is 33.4 Å². The molecule has 0 radical (unpaired) electrons. The molecule has 6 rings (SSSR count). The van der Waals surface area contributed by atoms with E-state index in [4.69, 9.17) is 19.9 Å². The number of carbonyl (C=O) groups is 1. The molecule has 4 heterocycles. The molecule has 3 atom stereocenters. The van der Waals surface area contributed by atoms with E-state index in [1.165, 1.54) is 12.4 Å². The third kappa shape index (κ3) is 4.92. The molecule has 1 saturated carbocycles. The van der Waals surface area contributed by atoms with Gasteiger partial charge in [0.1, 0.15) is 23.5 Å². The normalized spacial score (nSPS) is 18.7. The van der Waals surface area contributed by atoms with Gasteiger partial charge in [-0.05, 0) is 54.5 Å². The van der Waals surface area contributed by atoms with Crippen molar-refractivity contribution in [3.63, 3.8) is 0 Å². The molecular formula is C32H32N6O4. The Morgan fingerprint density at radius 1 is 1.17 bits per heavy atom. The molecule has 0 spiro atoms. The number of pyridine rings is 1. The van der Waals surface area contributed by atoms with Crippen molar-refractivity contribution in [2.75, 3.05) is 39.6 Å². The van der Waals surface area contributed by atoms with Crippen LogP contribution in [0.4, 0.5) is 5.82 Å². The number of amides is 1. The number of ether oxygens (including phenoxy) is 3. The van der Waals surface area contributed by atoms with Gasteiger partial charge in [-0.2, -0.15) is 0 Å². The van der Waals surface area contributed by atoms with Crippen LogP contribution in [-0.4, -0.2) is 64.2 Å². The lowest BCUT2D eigenvalue weighted by Crippen LogP contribution is -2.29. The van der Waals surface area contributed by atoms with Gasteiger partial charge in [0, 0.05) is 50.0 Å². The molecule has 1 amide bonds. The molecule has 214 valence electrons. The number of hydrogen-bond acceptors (Lipinski definition) is 8. The van der Waals surface area contributed by atoms with Gasteiger partial charge in [0.25, 0.3) is 0 Å². The Labute approximate surface area is 244 Å². The van der Waals surface area contributed by atoms with E-state index in [1.54, 1.807) is 20.3 Å². The molecule has 1 aromatic carbocycles. The third-order valence-electron chi connectivity index (χ3n) is 7.96. The number of piperidine rings is 1. The van der Waals surface area contributed by atoms with E-state index >= 15 is 0 Å². The first-order valence-corrected chi connectivity index (χ1v) is 13.8. The molecule has 4 aromatic rings. The molecule has 0 bridgehead atoms. The number of benzene rings is 1. The maximum absolute atomic E-state index is 12.0. The predicted octanol–water partition coefficient (Wildman–Crippen LogP) is 4.07. The average molecular weight is 565 g/mol. The smallest absolute Gasteiger partial charge is 0.245 e. The predicted molar refractivity (Wildman–Crippen MR) is 159 cm³/mol. The molecule has 1 aliphatic heterocycles. The zero-order chi connectivity index (χ0) is 29.4. The van der Waals surface area contributed by atoms with Crippen LogP contribution in [0.25, 0.3) is 22.2 Å². The lowest BCUT2D eigenvalue weighted by Gasteiger charge is -2.16. The fraction of sp³-hybridized carbons (Fsp3) is 0.312. The average Bonchev–Trinajstić information content (AvgIpc) is 3.29. The molecule has 2 fully saturated rings. The van der Waals surface area contributed by atoms with Crippen LogP contribution in [0.2, 0.25) is 0 Å². The third-order valence-corrected chi connectivity index (χ3v) is 7.96. The summed E-state index contributed by atoms with van der Waals surface area (Å²) in [7, 11) is 3.26. The Bertz CT molecular complexity index is 1740. The summed E-state index contributed by atoms with van der Waals surface area (Å²) >= 11 is 0. The minimum absolute atomic E-state index is 0.0236. The number of aromatic nitrogens is 4. The molecule has 42 heavy (non-hydrogen) atoms. The number of aryl methyl sites for hydroxylation is 1. The molecule has 2 N–H and O–H groups in total. The van der Waals surface area contributed by atoms with Crippen LogP contribution < -0.4 is 15.2 Å². The molecular weight excluding hydrogens is 532 g/mol. The van der Waals surface area contributed by atoms with Crippen molar-refractivity contribution in [1.29, 1.82) is 0 Å². The maximum Gasteiger partial charge on any atom is 0.245 e. The van der Waals surface area contributed by atoms with Gasteiger partial charge in [-0.1, -0.05) is 24.6 Å². The van der Waals surface area contributed by atoms with Crippen molar-refractivity contribution < 1.29 is 19.0 Å². The fourth-order valence-electron chi connectivity index (χ4n) is 5.80. The Hall–Kier alpha value is -4.88. The zero-order valence-electron chi connectivity index (χ0n) is 23.8. The number of likely N-dealkylation sites (tertiary alicyclic amines) is 1. The van der Waals surface area contributed by atoms with Gasteiger partial charge < -0.3 is 29.4 Å². The second-order valence-electron chi connectivity index (χ2n) is 10.5. The number of nitrogens with zero attached hydrogens (tertiary/aromatic N) is 5. The minimum atomic E-state index is -0.0236. The van der Waals surface area contributed by atoms with Crippen LogP contribution in [0.1, 0.15) is 11.4 Å². The molecule has 2 aliphatic rings. The first-order chi connectivity index (χ1) is 20.4. The van der Waals surface area contributed by atoms with Gasteiger partial charge in [0.05, 0.1) is 19.1 Å². The Morgan fingerprint density at radius 3 is 2.69 bits per heavy atom. The van der Waals surface area contributed by atoms with E-state index in [9.17, 15) is 4.79 Å². The summed E-state index contributed by atoms with van der Waals surface area (Å²) < 4.78 is 19.3. The standard InChI is InChI=1S/C32H32N6O4/c1-5-28(39)37-16-22-21(23(22)17-37)10-11-24-29(30-31(33)34-18-35-32(30)38(24)13-14-40-3)20-9-12-25(26(15-20)41-4)42-27-8-6-7-19(2)36-27/h5-9,12,15,18,21-23H,1,13-14,16-17H2,2-4H3,(H2,33,34,35)/t21?,22-,23+. The van der Waals surface area contributed by atoms with Crippen LogP contribution in [0, 0.1) is 36.5 Å². The lowest BCUT2D eigenvalue weighted by atomic mass is 10.0. The van der Waals surface area contributed by atoms with E-state index < -0.39 is 0 Å². The van der Waals surface area contributed by atoms with Gasteiger partial charge in [-0.15, -0.1) is 0 Å². The largest absolute Gasteiger partial charge is 0.493 e. The highest BCUT2D eigenvalue weighted by Crippen LogP contribution is 2.51. The maximum atomic E-state index is 12.0. The molecule has 3 aromatic heterocycles.